The van der Waals surface area contributed by atoms with E-state index < -0.39 is 10.0 Å². The second-order valence-electron chi connectivity index (χ2n) is 4.98. The van der Waals surface area contributed by atoms with Crippen LogP contribution in [0.25, 0.3) is 11.6 Å². The van der Waals surface area contributed by atoms with Gasteiger partial charge in [0, 0.05) is 16.2 Å². The fraction of sp³-hybridized carbons (Fsp3) is 0.0625. The maximum atomic E-state index is 12.1. The summed E-state index contributed by atoms with van der Waals surface area (Å²) in [6.45, 7) is 0. The number of rotatable bonds is 3. The molecule has 7 heteroatoms. The van der Waals surface area contributed by atoms with Crippen molar-refractivity contribution in [1.82, 2.24) is 4.72 Å². The first kappa shape index (κ1) is 15.7. The van der Waals surface area contributed by atoms with Crippen LogP contribution in [0, 0.1) is 0 Å². The van der Waals surface area contributed by atoms with Crippen LogP contribution in [0.1, 0.15) is 11.1 Å². The zero-order valence-corrected chi connectivity index (χ0v) is 13.7. The number of nitrogens with one attached hydrogen (secondary N) is 2. The molecule has 23 heavy (non-hydrogen) atoms. The Balaban J connectivity index is 1.98. The molecule has 0 aliphatic carbocycles. The van der Waals surface area contributed by atoms with Crippen LogP contribution in [0.5, 0.6) is 0 Å². The first-order valence-electron chi connectivity index (χ1n) is 6.77. The smallest absolute Gasteiger partial charge is 0.256 e. The molecule has 0 aromatic heterocycles. The lowest BCUT2D eigenvalue weighted by atomic mass is 10.0. The molecule has 1 aliphatic heterocycles. The van der Waals surface area contributed by atoms with E-state index in [1.807, 2.05) is 0 Å². The van der Waals surface area contributed by atoms with E-state index >= 15 is 0 Å². The molecule has 0 saturated heterocycles. The molecule has 1 heterocycles. The fourth-order valence-electron chi connectivity index (χ4n) is 2.34. The van der Waals surface area contributed by atoms with Gasteiger partial charge in [0.25, 0.3) is 5.91 Å². The summed E-state index contributed by atoms with van der Waals surface area (Å²) in [5, 5.41) is 3.30. The van der Waals surface area contributed by atoms with Gasteiger partial charge in [0.1, 0.15) is 0 Å². The number of hydrogen-bond donors (Lipinski definition) is 2. The summed E-state index contributed by atoms with van der Waals surface area (Å²) in [4.78, 5) is 12.3. The SMILES string of the molecule is CNS(=O)(=O)c1ccc(C=C2C(=O)Nc3cc(Cl)ccc32)cc1. The van der Waals surface area contributed by atoms with Crippen LogP contribution >= 0.6 is 11.6 Å². The molecule has 0 saturated carbocycles. The van der Waals surface area contributed by atoms with Crippen LogP contribution in [0.2, 0.25) is 5.02 Å². The van der Waals surface area contributed by atoms with Crippen LogP contribution < -0.4 is 10.0 Å². The Kier molecular flexibility index (Phi) is 3.97. The van der Waals surface area contributed by atoms with Crippen molar-refractivity contribution in [2.24, 2.45) is 0 Å². The lowest BCUT2D eigenvalue weighted by Gasteiger charge is -2.03. The van der Waals surface area contributed by atoms with Crippen LogP contribution in [0.4, 0.5) is 5.69 Å². The molecule has 1 aliphatic rings. The summed E-state index contributed by atoms with van der Waals surface area (Å²) in [6, 6.07) is 11.5. The third-order valence-corrected chi connectivity index (χ3v) is 5.20. The highest BCUT2D eigenvalue weighted by Gasteiger charge is 2.24. The highest BCUT2D eigenvalue weighted by Crippen LogP contribution is 2.34. The Morgan fingerprint density at radius 1 is 1.13 bits per heavy atom. The average Bonchev–Trinajstić information content (AvgIpc) is 2.83. The number of halogens is 1. The molecule has 0 spiro atoms. The lowest BCUT2D eigenvalue weighted by molar-refractivity contribution is -0.110. The molecule has 0 bridgehead atoms. The maximum Gasteiger partial charge on any atom is 0.256 e. The van der Waals surface area contributed by atoms with E-state index in [9.17, 15) is 13.2 Å². The van der Waals surface area contributed by atoms with Crippen LogP contribution in [0.15, 0.2) is 47.4 Å². The number of sulfonamides is 1. The van der Waals surface area contributed by atoms with Crippen LogP contribution in [-0.2, 0) is 14.8 Å². The van der Waals surface area contributed by atoms with Crippen LogP contribution in [-0.4, -0.2) is 21.4 Å². The van der Waals surface area contributed by atoms with Gasteiger partial charge in [-0.25, -0.2) is 13.1 Å². The molecule has 3 rings (SSSR count). The van der Waals surface area contributed by atoms with E-state index in [0.717, 1.165) is 11.1 Å². The van der Waals surface area contributed by atoms with Gasteiger partial charge in [-0.15, -0.1) is 0 Å². The minimum absolute atomic E-state index is 0.171. The predicted molar refractivity (Wildman–Crippen MR) is 90.6 cm³/mol. The van der Waals surface area contributed by atoms with Gasteiger partial charge >= 0.3 is 0 Å². The van der Waals surface area contributed by atoms with Gasteiger partial charge in [-0.1, -0.05) is 29.8 Å². The average molecular weight is 349 g/mol. The maximum absolute atomic E-state index is 12.1. The number of hydrogen-bond acceptors (Lipinski definition) is 3. The van der Waals surface area contributed by atoms with Gasteiger partial charge in [-0.3, -0.25) is 4.79 Å². The largest absolute Gasteiger partial charge is 0.321 e. The predicted octanol–water partition coefficient (Wildman–Crippen LogP) is 2.74. The Bertz CT molecular complexity index is 919. The topological polar surface area (TPSA) is 75.3 Å². The van der Waals surface area contributed by atoms with Crippen molar-refractivity contribution < 1.29 is 13.2 Å². The summed E-state index contributed by atoms with van der Waals surface area (Å²) in [5.41, 5.74) is 2.68. The standard InChI is InChI=1S/C16H13ClN2O3S/c1-18-23(21,22)12-5-2-10(3-6-12)8-14-13-7-4-11(17)9-15(13)19-16(14)20/h2-9,18H,1H3,(H,19,20). The van der Waals surface area contributed by atoms with Gasteiger partial charge in [0.15, 0.2) is 0 Å². The summed E-state index contributed by atoms with van der Waals surface area (Å²) < 4.78 is 25.7. The van der Waals surface area contributed by atoms with E-state index in [0.29, 0.717) is 16.3 Å². The quantitative estimate of drug-likeness (QED) is 0.837. The number of carbonyl (C=O) groups is 1. The molecule has 5 nitrogen and oxygen atoms in total. The monoisotopic (exact) mass is 348 g/mol. The molecular formula is C16H13ClN2O3S. The Labute approximate surface area is 139 Å². The highest BCUT2D eigenvalue weighted by atomic mass is 35.5. The Morgan fingerprint density at radius 3 is 2.48 bits per heavy atom. The highest BCUT2D eigenvalue weighted by molar-refractivity contribution is 7.89. The van der Waals surface area contributed by atoms with Crippen molar-refractivity contribution in [1.29, 1.82) is 0 Å². The number of anilines is 1. The van der Waals surface area contributed by atoms with E-state index in [2.05, 4.69) is 10.0 Å². The van der Waals surface area contributed by atoms with Gasteiger partial charge in [0.05, 0.1) is 10.6 Å². The Hall–Kier alpha value is -2.15. The second-order valence-corrected chi connectivity index (χ2v) is 7.30. The zero-order chi connectivity index (χ0) is 16.6. The number of fused-ring (bicyclic) bond motifs is 1. The third kappa shape index (κ3) is 3.01. The summed E-state index contributed by atoms with van der Waals surface area (Å²) in [5.74, 6) is -0.214. The molecule has 0 radical (unpaired) electrons. The van der Waals surface area contributed by atoms with Crippen molar-refractivity contribution in [3.05, 3.63) is 58.6 Å². The van der Waals surface area contributed by atoms with Crippen molar-refractivity contribution in [2.75, 3.05) is 12.4 Å². The van der Waals surface area contributed by atoms with Gasteiger partial charge < -0.3 is 5.32 Å². The summed E-state index contributed by atoms with van der Waals surface area (Å²) >= 11 is 5.92. The number of carbonyl (C=O) groups excluding carboxylic acids is 1. The van der Waals surface area contributed by atoms with Gasteiger partial charge in [0.2, 0.25) is 10.0 Å². The molecule has 118 valence electrons. The van der Waals surface area contributed by atoms with Crippen molar-refractivity contribution >= 4 is 44.9 Å². The Morgan fingerprint density at radius 2 is 1.83 bits per heavy atom. The normalized spacial score (nSPS) is 15.6. The molecule has 1 amide bonds. The van der Waals surface area contributed by atoms with Gasteiger partial charge in [-0.05, 0) is 43.0 Å². The zero-order valence-electron chi connectivity index (χ0n) is 12.1. The third-order valence-electron chi connectivity index (χ3n) is 3.53. The molecule has 2 N–H and O–H groups in total. The van der Waals surface area contributed by atoms with E-state index in [4.69, 9.17) is 11.6 Å². The van der Waals surface area contributed by atoms with E-state index in [1.54, 1.807) is 36.4 Å². The fourth-order valence-corrected chi connectivity index (χ4v) is 3.24. The first-order chi connectivity index (χ1) is 10.9. The molecule has 0 fully saturated rings. The summed E-state index contributed by atoms with van der Waals surface area (Å²) in [7, 11) is -2.11. The summed E-state index contributed by atoms with van der Waals surface area (Å²) in [6.07, 6.45) is 1.71. The molecule has 2 aromatic rings. The molecule has 0 atom stereocenters. The van der Waals surface area contributed by atoms with Crippen molar-refractivity contribution in [3.8, 4) is 0 Å². The molecule has 0 unspecified atom stereocenters. The van der Waals surface area contributed by atoms with Crippen molar-refractivity contribution in [3.63, 3.8) is 0 Å². The first-order valence-corrected chi connectivity index (χ1v) is 8.63. The minimum atomic E-state index is -3.47. The van der Waals surface area contributed by atoms with Crippen LogP contribution in [0.3, 0.4) is 0 Å². The van der Waals surface area contributed by atoms with Gasteiger partial charge in [-0.2, -0.15) is 0 Å². The van der Waals surface area contributed by atoms with Crippen molar-refractivity contribution in [2.45, 2.75) is 4.90 Å². The van der Waals surface area contributed by atoms with E-state index in [-0.39, 0.29) is 10.8 Å². The molecule has 2 aromatic carbocycles. The lowest BCUT2D eigenvalue weighted by Crippen LogP contribution is -2.18. The van der Waals surface area contributed by atoms with E-state index in [1.165, 1.54) is 19.2 Å². The number of benzene rings is 2. The second kappa shape index (κ2) is 5.81. The number of amides is 1. The minimum Gasteiger partial charge on any atom is -0.321 e. The molecular weight excluding hydrogens is 336 g/mol.